The number of alkyl halides is 1. The van der Waals surface area contributed by atoms with E-state index in [2.05, 4.69) is 6.92 Å². The van der Waals surface area contributed by atoms with Gasteiger partial charge in [0.15, 0.2) is 0 Å². The first-order valence-electron chi connectivity index (χ1n) is 4.97. The van der Waals surface area contributed by atoms with E-state index in [9.17, 15) is 4.79 Å². The highest BCUT2D eigenvalue weighted by molar-refractivity contribution is 6.35. The second kappa shape index (κ2) is 4.07. The predicted molar refractivity (Wildman–Crippen MR) is 62.1 cm³/mol. The van der Waals surface area contributed by atoms with E-state index in [0.717, 1.165) is 17.7 Å². The molecule has 2 nitrogen and oxygen atoms in total. The monoisotopic (exact) mass is 221 g/mol. The molecule has 2 rings (SSSR count). The number of carbonyl (C=O) groups is 1. The molecule has 0 spiro atoms. The van der Waals surface area contributed by atoms with E-state index in [1.165, 1.54) is 0 Å². The Labute approximate surface area is 94.2 Å². The first-order valence-corrected chi connectivity index (χ1v) is 5.41. The van der Waals surface area contributed by atoms with Gasteiger partial charge in [-0.25, -0.2) is 0 Å². The fourth-order valence-corrected chi connectivity index (χ4v) is 1.86. The lowest BCUT2D eigenvalue weighted by Gasteiger charge is -2.17. The highest BCUT2D eigenvalue weighted by Crippen LogP contribution is 2.26. The number of rotatable bonds is 2. The lowest BCUT2D eigenvalue weighted by Crippen LogP contribution is -2.26. The maximum absolute atomic E-state index is 11.7. The lowest BCUT2D eigenvalue weighted by molar-refractivity contribution is -0.116. The normalized spacial score (nSPS) is 20.0. The summed E-state index contributed by atoms with van der Waals surface area (Å²) in [5, 5.41) is -0.519. The van der Waals surface area contributed by atoms with Crippen LogP contribution in [0.25, 0.3) is 0 Å². The Balaban J connectivity index is 2.38. The van der Waals surface area contributed by atoms with Crippen LogP contribution in [0.3, 0.4) is 0 Å². The van der Waals surface area contributed by atoms with Crippen LogP contribution in [0.2, 0.25) is 0 Å². The molecular weight excluding hydrogens is 210 g/mol. The average Bonchev–Trinajstić information content (AvgIpc) is 2.60. The van der Waals surface area contributed by atoms with E-state index in [-0.39, 0.29) is 5.91 Å². The molecule has 15 heavy (non-hydrogen) atoms. The number of hydrogen-bond acceptors (Lipinski definition) is 1. The largest absolute Gasteiger partial charge is 0.286 e. The van der Waals surface area contributed by atoms with Crippen molar-refractivity contribution in [1.29, 1.82) is 0 Å². The Hall–Kier alpha value is -1.28. The molecule has 1 aromatic rings. The topological polar surface area (TPSA) is 20.3 Å². The van der Waals surface area contributed by atoms with Crippen molar-refractivity contribution in [2.75, 3.05) is 4.90 Å². The summed E-state index contributed by atoms with van der Waals surface area (Å²) in [5.41, 5.74) is 2.09. The van der Waals surface area contributed by atoms with Gasteiger partial charge in [0.1, 0.15) is 5.38 Å². The molecule has 0 saturated carbocycles. The third-order valence-corrected chi connectivity index (χ3v) is 2.84. The predicted octanol–water partition coefficient (Wildman–Crippen LogP) is 2.72. The minimum atomic E-state index is -0.519. The Morgan fingerprint density at radius 2 is 2.13 bits per heavy atom. The van der Waals surface area contributed by atoms with Crippen LogP contribution >= 0.6 is 11.6 Å². The van der Waals surface area contributed by atoms with Crippen LogP contribution in [-0.4, -0.2) is 11.3 Å². The van der Waals surface area contributed by atoms with Gasteiger partial charge in [0.05, 0.1) is 5.69 Å². The molecule has 0 bridgehead atoms. The van der Waals surface area contributed by atoms with Gasteiger partial charge in [-0.15, -0.1) is 11.6 Å². The molecule has 1 heterocycles. The van der Waals surface area contributed by atoms with Gasteiger partial charge in [-0.3, -0.25) is 9.69 Å². The summed E-state index contributed by atoms with van der Waals surface area (Å²) in [6.45, 7) is 2.07. The number of amides is 1. The molecule has 0 saturated heterocycles. The van der Waals surface area contributed by atoms with E-state index in [4.69, 9.17) is 11.6 Å². The lowest BCUT2D eigenvalue weighted by atomic mass is 10.1. The second-order valence-corrected chi connectivity index (χ2v) is 3.90. The summed E-state index contributed by atoms with van der Waals surface area (Å²) in [7, 11) is 0. The summed E-state index contributed by atoms with van der Waals surface area (Å²) < 4.78 is 0. The summed E-state index contributed by atoms with van der Waals surface area (Å²) >= 11 is 5.82. The molecule has 1 amide bonds. The summed E-state index contributed by atoms with van der Waals surface area (Å²) in [5.74, 6) is -0.0717. The maximum Gasteiger partial charge on any atom is 0.253 e. The van der Waals surface area contributed by atoms with Crippen LogP contribution < -0.4 is 4.90 Å². The van der Waals surface area contributed by atoms with E-state index >= 15 is 0 Å². The van der Waals surface area contributed by atoms with Crippen LogP contribution in [-0.2, 0) is 11.2 Å². The van der Waals surface area contributed by atoms with Crippen molar-refractivity contribution in [2.45, 2.75) is 18.7 Å². The van der Waals surface area contributed by atoms with Gasteiger partial charge in [-0.05, 0) is 24.1 Å². The molecule has 1 unspecified atom stereocenters. The average molecular weight is 222 g/mol. The zero-order chi connectivity index (χ0) is 10.8. The van der Waals surface area contributed by atoms with Crippen molar-refractivity contribution in [2.24, 2.45) is 0 Å². The van der Waals surface area contributed by atoms with Gasteiger partial charge in [-0.2, -0.15) is 0 Å². The van der Waals surface area contributed by atoms with Crippen molar-refractivity contribution in [3.8, 4) is 0 Å². The molecule has 1 aromatic carbocycles. The second-order valence-electron chi connectivity index (χ2n) is 3.43. The summed E-state index contributed by atoms with van der Waals surface area (Å²) in [6.07, 6.45) is 4.35. The molecule has 0 aliphatic carbocycles. The Morgan fingerprint density at radius 3 is 2.73 bits per heavy atom. The molecule has 3 heteroatoms. The Morgan fingerprint density at radius 1 is 1.40 bits per heavy atom. The van der Waals surface area contributed by atoms with E-state index < -0.39 is 5.38 Å². The van der Waals surface area contributed by atoms with Crippen LogP contribution in [0.15, 0.2) is 36.5 Å². The first-order chi connectivity index (χ1) is 7.24. The summed E-state index contributed by atoms with van der Waals surface area (Å²) in [4.78, 5) is 13.3. The van der Waals surface area contributed by atoms with Crippen LogP contribution in [0.4, 0.5) is 5.69 Å². The van der Waals surface area contributed by atoms with Gasteiger partial charge >= 0.3 is 0 Å². The van der Waals surface area contributed by atoms with Crippen LogP contribution in [0, 0.1) is 0 Å². The van der Waals surface area contributed by atoms with Gasteiger partial charge in [0, 0.05) is 6.20 Å². The number of nitrogens with zero attached hydrogens (tertiary/aromatic N) is 1. The Kier molecular flexibility index (Phi) is 2.78. The maximum atomic E-state index is 11.7. The van der Waals surface area contributed by atoms with Crippen molar-refractivity contribution in [3.63, 3.8) is 0 Å². The third kappa shape index (κ3) is 1.77. The number of halogens is 1. The number of aryl methyl sites for hydroxylation is 1. The minimum Gasteiger partial charge on any atom is -0.286 e. The van der Waals surface area contributed by atoms with Gasteiger partial charge in [-0.1, -0.05) is 25.1 Å². The van der Waals surface area contributed by atoms with Gasteiger partial charge in [0.2, 0.25) is 0 Å². The summed E-state index contributed by atoms with van der Waals surface area (Å²) in [6, 6.07) is 7.87. The van der Waals surface area contributed by atoms with Crippen molar-refractivity contribution in [3.05, 3.63) is 42.1 Å². The van der Waals surface area contributed by atoms with Crippen molar-refractivity contribution < 1.29 is 4.79 Å². The highest BCUT2D eigenvalue weighted by Gasteiger charge is 2.26. The number of carbonyl (C=O) groups excluding carboxylic acids is 1. The SMILES string of the molecule is CCc1ccccc1N1C=CC(Cl)C1=O. The number of hydrogen-bond donors (Lipinski definition) is 0. The number of benzene rings is 1. The fourth-order valence-electron chi connectivity index (χ4n) is 1.69. The zero-order valence-electron chi connectivity index (χ0n) is 8.48. The van der Waals surface area contributed by atoms with E-state index in [1.807, 2.05) is 24.3 Å². The molecule has 1 aliphatic rings. The fraction of sp³-hybridized carbons (Fsp3) is 0.250. The number of anilines is 1. The molecule has 0 N–H and O–H groups in total. The number of para-hydroxylation sites is 1. The highest BCUT2D eigenvalue weighted by atomic mass is 35.5. The molecule has 1 atom stereocenters. The smallest absolute Gasteiger partial charge is 0.253 e. The van der Waals surface area contributed by atoms with Crippen molar-refractivity contribution in [1.82, 2.24) is 0 Å². The van der Waals surface area contributed by atoms with Crippen LogP contribution in [0.5, 0.6) is 0 Å². The van der Waals surface area contributed by atoms with Crippen LogP contribution in [0.1, 0.15) is 12.5 Å². The zero-order valence-corrected chi connectivity index (χ0v) is 9.24. The molecule has 0 fully saturated rings. The standard InChI is InChI=1S/C12H12ClNO/c1-2-9-5-3-4-6-11(9)14-8-7-10(13)12(14)15/h3-8,10H,2H2,1H3. The van der Waals surface area contributed by atoms with E-state index in [0.29, 0.717) is 0 Å². The molecule has 1 aliphatic heterocycles. The minimum absolute atomic E-state index is 0.0717. The van der Waals surface area contributed by atoms with Gasteiger partial charge < -0.3 is 0 Å². The first kappa shape index (κ1) is 10.2. The van der Waals surface area contributed by atoms with E-state index in [1.54, 1.807) is 17.2 Å². The third-order valence-electron chi connectivity index (χ3n) is 2.51. The molecule has 0 aromatic heterocycles. The Bertz CT molecular complexity index is 414. The van der Waals surface area contributed by atoms with Gasteiger partial charge in [0.25, 0.3) is 5.91 Å². The molecular formula is C12H12ClNO. The molecule has 78 valence electrons. The molecule has 0 radical (unpaired) electrons. The van der Waals surface area contributed by atoms with Crippen molar-refractivity contribution >= 4 is 23.2 Å². The quantitative estimate of drug-likeness (QED) is 0.704.